The fourth-order valence-electron chi connectivity index (χ4n) is 3.57. The predicted octanol–water partition coefficient (Wildman–Crippen LogP) is 5.06. The van der Waals surface area contributed by atoms with Gasteiger partial charge in [-0.2, -0.15) is 0 Å². The second kappa shape index (κ2) is 11.4. The van der Waals surface area contributed by atoms with Gasteiger partial charge < -0.3 is 15.2 Å². The molecule has 35 heavy (non-hydrogen) atoms. The Balaban J connectivity index is 1.36. The van der Waals surface area contributed by atoms with Crippen LogP contribution in [0, 0.1) is 5.82 Å². The van der Waals surface area contributed by atoms with E-state index in [-0.39, 0.29) is 29.7 Å². The van der Waals surface area contributed by atoms with Crippen molar-refractivity contribution in [3.05, 3.63) is 91.0 Å². The molecule has 4 rings (SSSR count). The number of rotatable bonds is 10. The number of nitrogens with zero attached hydrogens (tertiary/aromatic N) is 3. The van der Waals surface area contributed by atoms with Crippen molar-refractivity contribution >= 4 is 45.7 Å². The van der Waals surface area contributed by atoms with Crippen LogP contribution in [0.2, 0.25) is 0 Å². The first-order valence-corrected chi connectivity index (χ1v) is 12.0. The third-order valence-corrected chi connectivity index (χ3v) is 6.19. The minimum Gasteiger partial charge on any atom is -0.325 e. The molecule has 3 aromatic carbocycles. The second-order valence-electron chi connectivity index (χ2n) is 7.69. The first-order valence-electron chi connectivity index (χ1n) is 11.0. The third-order valence-electron chi connectivity index (χ3n) is 5.22. The maximum atomic E-state index is 13.8. The summed E-state index contributed by atoms with van der Waals surface area (Å²) in [5, 5.41) is 16.5. The number of carbonyl (C=O) groups is 2. The number of hydrogen-bond acceptors (Lipinski definition) is 5. The molecule has 178 valence electrons. The lowest BCUT2D eigenvalue weighted by Crippen LogP contribution is -2.16. The van der Waals surface area contributed by atoms with E-state index in [4.69, 9.17) is 0 Å². The lowest BCUT2D eigenvalue weighted by atomic mass is 10.1. The summed E-state index contributed by atoms with van der Waals surface area (Å²) in [6, 6.07) is 19.6. The van der Waals surface area contributed by atoms with Crippen molar-refractivity contribution in [2.24, 2.45) is 0 Å². The molecule has 4 aromatic rings. The number of para-hydroxylation sites is 1. The van der Waals surface area contributed by atoms with Crippen molar-refractivity contribution in [3.63, 3.8) is 0 Å². The van der Waals surface area contributed by atoms with Gasteiger partial charge in [0.25, 0.3) is 0 Å². The Kier molecular flexibility index (Phi) is 7.89. The van der Waals surface area contributed by atoms with Crippen LogP contribution in [0.4, 0.5) is 15.8 Å². The summed E-state index contributed by atoms with van der Waals surface area (Å²) < 4.78 is 15.6. The molecular formula is C26H24FN5O2S. The monoisotopic (exact) mass is 489 g/mol. The average Bonchev–Trinajstić information content (AvgIpc) is 3.25. The van der Waals surface area contributed by atoms with Gasteiger partial charge in [-0.1, -0.05) is 66.4 Å². The van der Waals surface area contributed by atoms with E-state index < -0.39 is 5.82 Å². The highest BCUT2D eigenvalue weighted by Gasteiger charge is 2.16. The predicted molar refractivity (Wildman–Crippen MR) is 137 cm³/mol. The number of aromatic nitrogens is 3. The van der Waals surface area contributed by atoms with Gasteiger partial charge in [-0.15, -0.1) is 16.8 Å². The summed E-state index contributed by atoms with van der Waals surface area (Å²) >= 11 is 1.26. The summed E-state index contributed by atoms with van der Waals surface area (Å²) in [4.78, 5) is 24.9. The molecule has 2 amide bonds. The lowest BCUT2D eigenvalue weighted by molar-refractivity contribution is -0.116. The van der Waals surface area contributed by atoms with Crippen LogP contribution in [0.3, 0.4) is 0 Å². The maximum absolute atomic E-state index is 13.8. The van der Waals surface area contributed by atoms with Gasteiger partial charge in [0.2, 0.25) is 11.8 Å². The van der Waals surface area contributed by atoms with E-state index in [1.807, 2.05) is 47.0 Å². The molecule has 0 unspecified atom stereocenters. The van der Waals surface area contributed by atoms with E-state index >= 15 is 0 Å². The zero-order valence-electron chi connectivity index (χ0n) is 18.9. The molecule has 0 saturated heterocycles. The molecule has 0 bridgehead atoms. The minimum atomic E-state index is -0.490. The molecule has 0 spiro atoms. The van der Waals surface area contributed by atoms with Crippen LogP contribution in [-0.4, -0.2) is 32.3 Å². The van der Waals surface area contributed by atoms with E-state index in [1.165, 1.54) is 23.9 Å². The van der Waals surface area contributed by atoms with Crippen LogP contribution < -0.4 is 10.6 Å². The summed E-state index contributed by atoms with van der Waals surface area (Å²) in [5.41, 5.74) is 0.890. The van der Waals surface area contributed by atoms with Crippen LogP contribution in [0.15, 0.2) is 84.5 Å². The molecule has 7 nitrogen and oxygen atoms in total. The minimum absolute atomic E-state index is 0.107. The highest BCUT2D eigenvalue weighted by molar-refractivity contribution is 7.99. The van der Waals surface area contributed by atoms with Crippen LogP contribution >= 0.6 is 11.8 Å². The van der Waals surface area contributed by atoms with E-state index in [9.17, 15) is 14.0 Å². The second-order valence-corrected chi connectivity index (χ2v) is 8.63. The van der Waals surface area contributed by atoms with Crippen molar-refractivity contribution in [3.8, 4) is 0 Å². The first kappa shape index (κ1) is 24.2. The number of allylic oxidation sites excluding steroid dienone is 1. The highest BCUT2D eigenvalue weighted by atomic mass is 32.2. The topological polar surface area (TPSA) is 88.9 Å². The fourth-order valence-corrected chi connectivity index (χ4v) is 4.34. The molecule has 2 N–H and O–H groups in total. The molecule has 0 atom stereocenters. The normalized spacial score (nSPS) is 10.8. The van der Waals surface area contributed by atoms with E-state index in [0.717, 1.165) is 16.5 Å². The Morgan fingerprint density at radius 1 is 0.943 bits per heavy atom. The van der Waals surface area contributed by atoms with Crippen LogP contribution in [0.5, 0.6) is 0 Å². The first-order chi connectivity index (χ1) is 17.0. The van der Waals surface area contributed by atoms with Gasteiger partial charge in [0.15, 0.2) is 5.16 Å². The molecule has 0 fully saturated rings. The number of anilines is 2. The molecule has 9 heteroatoms. The Bertz CT molecular complexity index is 1370. The van der Waals surface area contributed by atoms with Gasteiger partial charge in [-0.25, -0.2) is 4.39 Å². The molecule has 0 saturated carbocycles. The average molecular weight is 490 g/mol. The quantitative estimate of drug-likeness (QED) is 0.240. The largest absolute Gasteiger partial charge is 0.325 e. The Hall–Kier alpha value is -3.98. The van der Waals surface area contributed by atoms with Crippen LogP contribution in [-0.2, 0) is 22.6 Å². The Labute approximate surface area is 206 Å². The van der Waals surface area contributed by atoms with Crippen molar-refractivity contribution < 1.29 is 14.0 Å². The number of carbonyl (C=O) groups excluding carboxylic acids is 2. The van der Waals surface area contributed by atoms with E-state index in [2.05, 4.69) is 27.4 Å². The van der Waals surface area contributed by atoms with Gasteiger partial charge in [-0.3, -0.25) is 9.59 Å². The Morgan fingerprint density at radius 3 is 2.49 bits per heavy atom. The lowest BCUT2D eigenvalue weighted by Gasteiger charge is -2.10. The number of fused-ring (bicyclic) bond motifs is 1. The fraction of sp³-hybridized carbons (Fsp3) is 0.154. The molecule has 1 aromatic heterocycles. The van der Waals surface area contributed by atoms with Gasteiger partial charge in [0.05, 0.1) is 11.4 Å². The van der Waals surface area contributed by atoms with Crippen LogP contribution in [0.25, 0.3) is 10.8 Å². The van der Waals surface area contributed by atoms with Gasteiger partial charge in [0, 0.05) is 30.5 Å². The zero-order chi connectivity index (χ0) is 24.6. The van der Waals surface area contributed by atoms with Crippen molar-refractivity contribution in [1.29, 1.82) is 0 Å². The van der Waals surface area contributed by atoms with Gasteiger partial charge in [-0.05, 0) is 23.6 Å². The summed E-state index contributed by atoms with van der Waals surface area (Å²) in [7, 11) is 0. The highest BCUT2D eigenvalue weighted by Crippen LogP contribution is 2.24. The van der Waals surface area contributed by atoms with Gasteiger partial charge >= 0.3 is 0 Å². The van der Waals surface area contributed by atoms with Crippen molar-refractivity contribution in [2.75, 3.05) is 16.4 Å². The van der Waals surface area contributed by atoms with Crippen molar-refractivity contribution in [1.82, 2.24) is 14.8 Å². The number of aryl methyl sites for hydroxylation is 1. The Morgan fingerprint density at radius 2 is 1.66 bits per heavy atom. The maximum Gasteiger partial charge on any atom is 0.234 e. The smallest absolute Gasteiger partial charge is 0.234 e. The molecule has 0 aliphatic carbocycles. The summed E-state index contributed by atoms with van der Waals surface area (Å²) in [6.45, 7) is 4.21. The SMILES string of the molecule is C=CCn1c(CCC(=O)Nc2ccccc2F)nnc1SCC(=O)Nc1cccc2ccccc12. The zero-order valence-corrected chi connectivity index (χ0v) is 19.7. The summed E-state index contributed by atoms with van der Waals surface area (Å²) in [5.74, 6) is -0.245. The van der Waals surface area contributed by atoms with Crippen molar-refractivity contribution in [2.45, 2.75) is 24.5 Å². The third kappa shape index (κ3) is 6.13. The number of hydrogen-bond donors (Lipinski definition) is 2. The summed E-state index contributed by atoms with van der Waals surface area (Å²) in [6.07, 6.45) is 2.12. The standard InChI is InChI=1S/C26H24FN5O2S/c1-2-16-32-23(14-15-24(33)29-22-12-6-5-11-20(22)27)30-31-26(32)35-17-25(34)28-21-13-7-9-18-8-3-4-10-19(18)21/h2-13H,1,14-17H2,(H,28,34)(H,29,33). The van der Waals surface area contributed by atoms with E-state index in [0.29, 0.717) is 23.9 Å². The number of amides is 2. The molecule has 0 aliphatic rings. The molecule has 0 aliphatic heterocycles. The molecular weight excluding hydrogens is 465 g/mol. The van der Waals surface area contributed by atoms with E-state index in [1.54, 1.807) is 18.2 Å². The van der Waals surface area contributed by atoms with Crippen LogP contribution in [0.1, 0.15) is 12.2 Å². The number of benzene rings is 3. The number of halogens is 1. The number of thioether (sulfide) groups is 1. The molecule has 0 radical (unpaired) electrons. The number of nitrogens with one attached hydrogen (secondary N) is 2. The molecule has 1 heterocycles. The van der Waals surface area contributed by atoms with Gasteiger partial charge in [0.1, 0.15) is 11.6 Å².